The van der Waals surface area contributed by atoms with E-state index in [1.165, 1.54) is 64.2 Å². The molecule has 0 amide bonds. The highest BCUT2D eigenvalue weighted by atomic mass is 16.5. The van der Waals surface area contributed by atoms with E-state index in [1.807, 2.05) is 0 Å². The van der Waals surface area contributed by atoms with Gasteiger partial charge in [-0.05, 0) is 38.5 Å². The normalized spacial score (nSPS) is 11.9. The van der Waals surface area contributed by atoms with Gasteiger partial charge in [-0.3, -0.25) is 0 Å². The quantitative estimate of drug-likeness (QED) is 0.271. The summed E-state index contributed by atoms with van der Waals surface area (Å²) in [6.07, 6.45) is 24.5. The molecule has 0 aromatic rings. The average molecular weight is 311 g/mol. The van der Waals surface area contributed by atoms with Crippen LogP contribution in [0.15, 0.2) is 24.3 Å². The van der Waals surface area contributed by atoms with E-state index < -0.39 is 0 Å². The maximum absolute atomic E-state index is 8.57. The highest BCUT2D eigenvalue weighted by Crippen LogP contribution is 2.08. The van der Waals surface area contributed by atoms with Gasteiger partial charge in [0, 0.05) is 6.61 Å². The van der Waals surface area contributed by atoms with Gasteiger partial charge in [-0.1, -0.05) is 69.8 Å². The monoisotopic (exact) mass is 310 g/mol. The van der Waals surface area contributed by atoms with Crippen LogP contribution in [0.2, 0.25) is 0 Å². The third kappa shape index (κ3) is 19.4. The van der Waals surface area contributed by atoms with Gasteiger partial charge in [-0.15, -0.1) is 0 Å². The van der Waals surface area contributed by atoms with Crippen LogP contribution in [-0.2, 0) is 4.74 Å². The van der Waals surface area contributed by atoms with E-state index in [9.17, 15) is 0 Å². The van der Waals surface area contributed by atoms with Crippen LogP contribution >= 0.6 is 0 Å². The van der Waals surface area contributed by atoms with Crippen molar-refractivity contribution in [2.24, 2.45) is 0 Å². The second-order valence-corrected chi connectivity index (χ2v) is 5.92. The number of aliphatic hydroxyl groups is 1. The number of hydrogen-bond acceptors (Lipinski definition) is 2. The molecule has 2 nitrogen and oxygen atoms in total. The second-order valence-electron chi connectivity index (χ2n) is 5.92. The lowest BCUT2D eigenvalue weighted by Crippen LogP contribution is -2.00. The van der Waals surface area contributed by atoms with Gasteiger partial charge in [0.25, 0.3) is 0 Å². The zero-order valence-electron chi connectivity index (χ0n) is 14.8. The summed E-state index contributed by atoms with van der Waals surface area (Å²) in [6.45, 7) is 3.68. The summed E-state index contributed by atoms with van der Waals surface area (Å²) < 4.78 is 5.24. The Morgan fingerprint density at radius 3 is 1.91 bits per heavy atom. The molecule has 0 aliphatic carbocycles. The Morgan fingerprint density at radius 2 is 1.27 bits per heavy atom. The molecule has 0 fully saturated rings. The molecule has 0 aliphatic rings. The van der Waals surface area contributed by atoms with E-state index in [0.717, 1.165) is 19.4 Å². The van der Waals surface area contributed by atoms with E-state index in [4.69, 9.17) is 9.84 Å². The lowest BCUT2D eigenvalue weighted by molar-refractivity contribution is 0.0895. The molecule has 1 N–H and O–H groups in total. The standard InChI is InChI=1S/C20H38O2/c1-2-3-4-5-6-7-8-9-10-11-12-13-14-15-16-17-19-22-20-18-21/h6-7,9-10,21H,2-5,8,11-20H2,1H3/b7-6-,10-9-. The number of allylic oxidation sites excluding steroid dienone is 4. The Balaban J connectivity index is 3.11. The minimum absolute atomic E-state index is 0.141. The molecule has 0 bridgehead atoms. The van der Waals surface area contributed by atoms with Gasteiger partial charge in [0.1, 0.15) is 0 Å². The van der Waals surface area contributed by atoms with Gasteiger partial charge < -0.3 is 9.84 Å². The van der Waals surface area contributed by atoms with E-state index >= 15 is 0 Å². The zero-order valence-corrected chi connectivity index (χ0v) is 14.8. The van der Waals surface area contributed by atoms with Crippen LogP contribution in [0, 0.1) is 0 Å². The molecular formula is C20H38O2. The van der Waals surface area contributed by atoms with E-state index in [-0.39, 0.29) is 6.61 Å². The van der Waals surface area contributed by atoms with Crippen molar-refractivity contribution in [2.45, 2.75) is 84.0 Å². The maximum atomic E-state index is 8.57. The largest absolute Gasteiger partial charge is 0.394 e. The summed E-state index contributed by atoms with van der Waals surface area (Å²) in [7, 11) is 0. The summed E-state index contributed by atoms with van der Waals surface area (Å²) in [6, 6.07) is 0. The van der Waals surface area contributed by atoms with E-state index in [2.05, 4.69) is 31.2 Å². The topological polar surface area (TPSA) is 29.5 Å². The first-order valence-corrected chi connectivity index (χ1v) is 9.40. The van der Waals surface area contributed by atoms with Gasteiger partial charge in [0.15, 0.2) is 0 Å². The summed E-state index contributed by atoms with van der Waals surface area (Å²) in [5.74, 6) is 0. The highest BCUT2D eigenvalue weighted by Gasteiger charge is 1.91. The molecule has 0 unspecified atom stereocenters. The number of hydrogen-bond donors (Lipinski definition) is 1. The molecule has 0 saturated carbocycles. The molecule has 0 aliphatic heterocycles. The second kappa shape index (κ2) is 20.4. The van der Waals surface area contributed by atoms with Crippen LogP contribution in [-0.4, -0.2) is 24.9 Å². The van der Waals surface area contributed by atoms with Crippen LogP contribution in [0.3, 0.4) is 0 Å². The minimum Gasteiger partial charge on any atom is -0.394 e. The Hall–Kier alpha value is -0.600. The van der Waals surface area contributed by atoms with Crippen LogP contribution < -0.4 is 0 Å². The molecular weight excluding hydrogens is 272 g/mol. The molecule has 2 heteroatoms. The molecule has 0 saturated heterocycles. The average Bonchev–Trinajstić information content (AvgIpc) is 2.54. The van der Waals surface area contributed by atoms with Crippen molar-refractivity contribution in [2.75, 3.05) is 19.8 Å². The molecule has 0 rings (SSSR count). The van der Waals surface area contributed by atoms with Crippen molar-refractivity contribution < 1.29 is 9.84 Å². The van der Waals surface area contributed by atoms with Crippen molar-refractivity contribution in [3.05, 3.63) is 24.3 Å². The van der Waals surface area contributed by atoms with Gasteiger partial charge in [0.2, 0.25) is 0 Å². The van der Waals surface area contributed by atoms with Gasteiger partial charge in [0.05, 0.1) is 13.2 Å². The molecule has 130 valence electrons. The van der Waals surface area contributed by atoms with Crippen LogP contribution in [0.5, 0.6) is 0 Å². The fraction of sp³-hybridized carbons (Fsp3) is 0.800. The summed E-state index contributed by atoms with van der Waals surface area (Å²) in [5, 5.41) is 8.57. The molecule has 22 heavy (non-hydrogen) atoms. The zero-order chi connectivity index (χ0) is 16.1. The van der Waals surface area contributed by atoms with E-state index in [1.54, 1.807) is 0 Å². The van der Waals surface area contributed by atoms with Crippen molar-refractivity contribution in [3.8, 4) is 0 Å². The van der Waals surface area contributed by atoms with Crippen molar-refractivity contribution in [1.82, 2.24) is 0 Å². The predicted octanol–water partition coefficient (Wildman–Crippen LogP) is 5.81. The van der Waals surface area contributed by atoms with Crippen molar-refractivity contribution in [3.63, 3.8) is 0 Å². The van der Waals surface area contributed by atoms with Gasteiger partial charge in [-0.2, -0.15) is 0 Å². The van der Waals surface area contributed by atoms with Crippen LogP contribution in [0.1, 0.15) is 84.0 Å². The molecule has 0 aromatic heterocycles. The Bertz CT molecular complexity index is 246. The fourth-order valence-corrected chi connectivity index (χ4v) is 2.36. The summed E-state index contributed by atoms with van der Waals surface area (Å²) >= 11 is 0. The summed E-state index contributed by atoms with van der Waals surface area (Å²) in [5.41, 5.74) is 0. The van der Waals surface area contributed by atoms with Crippen molar-refractivity contribution >= 4 is 0 Å². The lowest BCUT2D eigenvalue weighted by atomic mass is 10.1. The first kappa shape index (κ1) is 21.4. The number of ether oxygens (including phenoxy) is 1. The molecule has 0 atom stereocenters. The number of rotatable bonds is 17. The predicted molar refractivity (Wildman–Crippen MR) is 97.3 cm³/mol. The Morgan fingerprint density at radius 1 is 0.682 bits per heavy atom. The molecule has 0 spiro atoms. The maximum Gasteiger partial charge on any atom is 0.0697 e. The van der Waals surface area contributed by atoms with Crippen LogP contribution in [0.25, 0.3) is 0 Å². The first-order valence-electron chi connectivity index (χ1n) is 9.40. The molecule has 0 aromatic carbocycles. The smallest absolute Gasteiger partial charge is 0.0697 e. The number of unbranched alkanes of at least 4 members (excludes halogenated alkanes) is 9. The minimum atomic E-state index is 0.141. The third-order valence-electron chi connectivity index (χ3n) is 3.72. The SMILES string of the molecule is CCCCC/C=C\C/C=C\CCCCCCCCOCCO. The molecule has 0 radical (unpaired) electrons. The molecule has 0 heterocycles. The highest BCUT2D eigenvalue weighted by molar-refractivity contribution is 4.92. The third-order valence-corrected chi connectivity index (χ3v) is 3.72. The van der Waals surface area contributed by atoms with E-state index in [0.29, 0.717) is 6.61 Å². The van der Waals surface area contributed by atoms with Crippen molar-refractivity contribution in [1.29, 1.82) is 0 Å². The lowest BCUT2D eigenvalue weighted by Gasteiger charge is -2.02. The fourth-order valence-electron chi connectivity index (χ4n) is 2.36. The Labute approximate surface area is 138 Å². The van der Waals surface area contributed by atoms with Gasteiger partial charge >= 0.3 is 0 Å². The Kier molecular flexibility index (Phi) is 19.8. The van der Waals surface area contributed by atoms with Crippen LogP contribution in [0.4, 0.5) is 0 Å². The summed E-state index contributed by atoms with van der Waals surface area (Å²) in [4.78, 5) is 0. The number of aliphatic hydroxyl groups excluding tert-OH is 1. The first-order chi connectivity index (χ1) is 10.9. The van der Waals surface area contributed by atoms with Gasteiger partial charge in [-0.25, -0.2) is 0 Å².